The summed E-state index contributed by atoms with van der Waals surface area (Å²) in [6.45, 7) is 4.45. The molecule has 0 fully saturated rings. The minimum absolute atomic E-state index is 0.515. The zero-order valence-electron chi connectivity index (χ0n) is 10.4. The van der Waals surface area contributed by atoms with E-state index in [1.54, 1.807) is 0 Å². The highest BCUT2D eigenvalue weighted by Gasteiger charge is 2.03. The number of aromatic nitrogens is 2. The number of hydrogen-bond donors (Lipinski definition) is 1. The molecule has 1 heterocycles. The molecule has 0 atom stereocenters. The van der Waals surface area contributed by atoms with Crippen molar-refractivity contribution >= 4 is 5.69 Å². The van der Waals surface area contributed by atoms with Crippen LogP contribution in [0.3, 0.4) is 0 Å². The Morgan fingerprint density at radius 1 is 1.29 bits per heavy atom. The van der Waals surface area contributed by atoms with Crippen LogP contribution in [0.4, 0.5) is 5.69 Å². The zero-order valence-corrected chi connectivity index (χ0v) is 10.4. The third-order valence-corrected chi connectivity index (χ3v) is 2.73. The fourth-order valence-electron chi connectivity index (χ4n) is 1.69. The Labute approximate surface area is 101 Å². The van der Waals surface area contributed by atoms with E-state index in [1.165, 1.54) is 0 Å². The lowest BCUT2D eigenvalue weighted by molar-refractivity contribution is 0.295. The van der Waals surface area contributed by atoms with Crippen molar-refractivity contribution in [2.24, 2.45) is 7.05 Å². The van der Waals surface area contributed by atoms with Crippen LogP contribution >= 0.6 is 0 Å². The summed E-state index contributed by atoms with van der Waals surface area (Å²) in [5.41, 5.74) is 9.62. The van der Waals surface area contributed by atoms with Crippen molar-refractivity contribution in [3.8, 4) is 5.75 Å². The van der Waals surface area contributed by atoms with E-state index in [9.17, 15) is 0 Å². The molecule has 0 saturated heterocycles. The largest absolute Gasteiger partial charge is 0.487 e. The molecular weight excluding hydrogens is 214 g/mol. The number of benzene rings is 1. The Morgan fingerprint density at radius 3 is 2.65 bits per heavy atom. The molecule has 0 aliphatic carbocycles. The second-order valence-electron chi connectivity index (χ2n) is 4.21. The molecule has 2 rings (SSSR count). The van der Waals surface area contributed by atoms with Crippen LogP contribution in [0.15, 0.2) is 24.3 Å². The van der Waals surface area contributed by atoms with Gasteiger partial charge in [-0.25, -0.2) is 0 Å². The van der Waals surface area contributed by atoms with Gasteiger partial charge in [0.05, 0.1) is 11.4 Å². The van der Waals surface area contributed by atoms with Crippen molar-refractivity contribution in [3.05, 3.63) is 41.2 Å². The number of nitrogens with zero attached hydrogens (tertiary/aromatic N) is 2. The molecule has 0 radical (unpaired) electrons. The van der Waals surface area contributed by atoms with E-state index >= 15 is 0 Å². The SMILES string of the molecule is Cc1cc(COc2ccc(N)c(C)c2)n(C)n1. The Morgan fingerprint density at radius 2 is 2.06 bits per heavy atom. The van der Waals surface area contributed by atoms with E-state index in [-0.39, 0.29) is 0 Å². The standard InChI is InChI=1S/C13H17N3O/c1-9-6-12(4-5-13(9)14)17-8-11-7-10(2)15-16(11)3/h4-7H,8,14H2,1-3H3. The lowest BCUT2D eigenvalue weighted by Crippen LogP contribution is -2.03. The first-order chi connectivity index (χ1) is 8.06. The third kappa shape index (κ3) is 2.58. The van der Waals surface area contributed by atoms with Gasteiger partial charge in [0, 0.05) is 12.7 Å². The lowest BCUT2D eigenvalue weighted by Gasteiger charge is -2.08. The maximum Gasteiger partial charge on any atom is 0.130 e. The van der Waals surface area contributed by atoms with Crippen molar-refractivity contribution in [2.75, 3.05) is 5.73 Å². The fraction of sp³-hybridized carbons (Fsp3) is 0.308. The molecule has 0 saturated carbocycles. The molecule has 17 heavy (non-hydrogen) atoms. The van der Waals surface area contributed by atoms with Gasteiger partial charge in [-0.05, 0) is 43.7 Å². The normalized spacial score (nSPS) is 10.5. The number of nitrogen functional groups attached to an aromatic ring is 1. The van der Waals surface area contributed by atoms with Gasteiger partial charge in [0.2, 0.25) is 0 Å². The highest BCUT2D eigenvalue weighted by Crippen LogP contribution is 2.19. The van der Waals surface area contributed by atoms with Crippen LogP contribution in [-0.4, -0.2) is 9.78 Å². The average Bonchev–Trinajstić information content (AvgIpc) is 2.59. The maximum atomic E-state index is 5.75. The molecule has 2 N–H and O–H groups in total. The first kappa shape index (κ1) is 11.5. The van der Waals surface area contributed by atoms with Crippen molar-refractivity contribution < 1.29 is 4.74 Å². The second kappa shape index (κ2) is 4.49. The van der Waals surface area contributed by atoms with Crippen LogP contribution in [0.5, 0.6) is 5.75 Å². The van der Waals surface area contributed by atoms with Crippen molar-refractivity contribution in [1.82, 2.24) is 9.78 Å². The molecular formula is C13H17N3O. The molecule has 4 nitrogen and oxygen atoms in total. The molecule has 0 spiro atoms. The van der Waals surface area contributed by atoms with Gasteiger partial charge in [-0.2, -0.15) is 5.10 Å². The molecule has 1 aromatic carbocycles. The summed E-state index contributed by atoms with van der Waals surface area (Å²) < 4.78 is 7.54. The Hall–Kier alpha value is -1.97. The lowest BCUT2D eigenvalue weighted by atomic mass is 10.2. The Kier molecular flexibility index (Phi) is 3.04. The summed E-state index contributed by atoms with van der Waals surface area (Å²) >= 11 is 0. The summed E-state index contributed by atoms with van der Waals surface area (Å²) in [6.07, 6.45) is 0. The van der Waals surface area contributed by atoms with Crippen molar-refractivity contribution in [3.63, 3.8) is 0 Å². The number of rotatable bonds is 3. The summed E-state index contributed by atoms with van der Waals surface area (Å²) in [4.78, 5) is 0. The Balaban J connectivity index is 2.07. The predicted octanol–water partition coefficient (Wildman–Crippen LogP) is 2.20. The quantitative estimate of drug-likeness (QED) is 0.824. The van der Waals surface area contributed by atoms with Crippen molar-refractivity contribution in [1.29, 1.82) is 0 Å². The van der Waals surface area contributed by atoms with Gasteiger partial charge in [-0.3, -0.25) is 4.68 Å². The fourth-order valence-corrected chi connectivity index (χ4v) is 1.69. The van der Waals surface area contributed by atoms with Gasteiger partial charge in [-0.1, -0.05) is 0 Å². The first-order valence-electron chi connectivity index (χ1n) is 5.54. The highest BCUT2D eigenvalue weighted by atomic mass is 16.5. The van der Waals surface area contributed by atoms with Gasteiger partial charge in [-0.15, -0.1) is 0 Å². The summed E-state index contributed by atoms with van der Waals surface area (Å²) in [5, 5.41) is 4.27. The zero-order chi connectivity index (χ0) is 12.4. The highest BCUT2D eigenvalue weighted by molar-refractivity contribution is 5.49. The molecule has 0 unspecified atom stereocenters. The van der Waals surface area contributed by atoms with Gasteiger partial charge >= 0.3 is 0 Å². The summed E-state index contributed by atoms with van der Waals surface area (Å²) in [7, 11) is 1.92. The average molecular weight is 231 g/mol. The van der Waals surface area contributed by atoms with Crippen LogP contribution in [-0.2, 0) is 13.7 Å². The van der Waals surface area contributed by atoms with Crippen molar-refractivity contribution in [2.45, 2.75) is 20.5 Å². The van der Waals surface area contributed by atoms with Gasteiger partial charge in [0.25, 0.3) is 0 Å². The first-order valence-corrected chi connectivity index (χ1v) is 5.54. The monoisotopic (exact) mass is 231 g/mol. The van der Waals surface area contributed by atoms with E-state index in [0.29, 0.717) is 6.61 Å². The summed E-state index contributed by atoms with van der Waals surface area (Å²) in [6, 6.07) is 7.70. The maximum absolute atomic E-state index is 5.75. The number of ether oxygens (including phenoxy) is 1. The van der Waals surface area contributed by atoms with Crippen LogP contribution in [0.25, 0.3) is 0 Å². The van der Waals surface area contributed by atoms with Crippen LogP contribution in [0, 0.1) is 13.8 Å². The molecule has 4 heteroatoms. The van der Waals surface area contributed by atoms with E-state index in [0.717, 1.165) is 28.4 Å². The Bertz CT molecular complexity index is 531. The summed E-state index contributed by atoms with van der Waals surface area (Å²) in [5.74, 6) is 0.829. The topological polar surface area (TPSA) is 53.1 Å². The molecule has 2 aromatic rings. The molecule has 0 amide bonds. The number of anilines is 1. The number of aryl methyl sites for hydroxylation is 3. The van der Waals surface area contributed by atoms with Gasteiger partial charge in [0.1, 0.15) is 12.4 Å². The van der Waals surface area contributed by atoms with E-state index in [1.807, 2.05) is 49.8 Å². The minimum atomic E-state index is 0.515. The van der Waals surface area contributed by atoms with Gasteiger partial charge < -0.3 is 10.5 Å². The number of hydrogen-bond acceptors (Lipinski definition) is 3. The van der Waals surface area contributed by atoms with Crippen LogP contribution < -0.4 is 10.5 Å². The third-order valence-electron chi connectivity index (χ3n) is 2.73. The van der Waals surface area contributed by atoms with E-state index < -0.39 is 0 Å². The molecule has 0 aliphatic rings. The minimum Gasteiger partial charge on any atom is -0.487 e. The second-order valence-corrected chi connectivity index (χ2v) is 4.21. The van der Waals surface area contributed by atoms with Crippen LogP contribution in [0.2, 0.25) is 0 Å². The molecule has 0 aliphatic heterocycles. The number of nitrogens with two attached hydrogens (primary N) is 1. The van der Waals surface area contributed by atoms with E-state index in [2.05, 4.69) is 5.10 Å². The molecule has 90 valence electrons. The van der Waals surface area contributed by atoms with Gasteiger partial charge in [0.15, 0.2) is 0 Å². The molecule has 1 aromatic heterocycles. The smallest absolute Gasteiger partial charge is 0.130 e. The van der Waals surface area contributed by atoms with Crippen LogP contribution in [0.1, 0.15) is 17.0 Å². The molecule has 0 bridgehead atoms. The van der Waals surface area contributed by atoms with E-state index in [4.69, 9.17) is 10.5 Å². The predicted molar refractivity (Wildman–Crippen MR) is 67.9 cm³/mol.